The SMILES string of the molecule is CC1CCCC(NC(=O)CN2CCN(c3ncnc4c3cnn4C)CC2)C1C. The Morgan fingerprint density at radius 2 is 1.96 bits per heavy atom. The van der Waals surface area contributed by atoms with Gasteiger partial charge in [-0.25, -0.2) is 9.97 Å². The second-order valence-corrected chi connectivity index (χ2v) is 8.41. The maximum Gasteiger partial charge on any atom is 0.234 e. The predicted octanol–water partition coefficient (Wildman–Crippen LogP) is 1.43. The summed E-state index contributed by atoms with van der Waals surface area (Å²) >= 11 is 0. The summed E-state index contributed by atoms with van der Waals surface area (Å²) in [4.78, 5) is 25.9. The van der Waals surface area contributed by atoms with Crippen LogP contribution in [0.5, 0.6) is 0 Å². The molecule has 8 heteroatoms. The lowest BCUT2D eigenvalue weighted by Gasteiger charge is -2.37. The molecule has 2 aromatic rings. The second-order valence-electron chi connectivity index (χ2n) is 8.41. The van der Waals surface area contributed by atoms with Crippen molar-refractivity contribution in [3.8, 4) is 0 Å². The van der Waals surface area contributed by atoms with Crippen LogP contribution in [-0.2, 0) is 11.8 Å². The quantitative estimate of drug-likeness (QED) is 0.858. The summed E-state index contributed by atoms with van der Waals surface area (Å²) in [5, 5.41) is 8.57. The number of carbonyl (C=O) groups excluding carboxylic acids is 1. The summed E-state index contributed by atoms with van der Waals surface area (Å²) < 4.78 is 1.77. The average Bonchev–Trinajstić information content (AvgIpc) is 3.07. The number of hydrogen-bond acceptors (Lipinski definition) is 6. The lowest BCUT2D eigenvalue weighted by molar-refractivity contribution is -0.123. The monoisotopic (exact) mass is 385 g/mol. The van der Waals surface area contributed by atoms with Gasteiger partial charge in [0, 0.05) is 39.3 Å². The van der Waals surface area contributed by atoms with Crippen LogP contribution in [-0.4, -0.2) is 69.3 Å². The summed E-state index contributed by atoms with van der Waals surface area (Å²) in [6, 6.07) is 0.331. The van der Waals surface area contributed by atoms with Crippen molar-refractivity contribution in [1.82, 2.24) is 30.0 Å². The number of hydrogen-bond donors (Lipinski definition) is 1. The lowest BCUT2D eigenvalue weighted by Crippen LogP contribution is -2.52. The van der Waals surface area contributed by atoms with Crippen LogP contribution >= 0.6 is 0 Å². The van der Waals surface area contributed by atoms with Crippen molar-refractivity contribution in [1.29, 1.82) is 0 Å². The zero-order valence-corrected chi connectivity index (χ0v) is 17.1. The van der Waals surface area contributed by atoms with E-state index in [0.29, 0.717) is 24.4 Å². The second kappa shape index (κ2) is 8.03. The van der Waals surface area contributed by atoms with Crippen LogP contribution in [0.4, 0.5) is 5.82 Å². The van der Waals surface area contributed by atoms with Gasteiger partial charge in [0.2, 0.25) is 5.91 Å². The fraction of sp³-hybridized carbons (Fsp3) is 0.700. The number of nitrogens with zero attached hydrogens (tertiary/aromatic N) is 6. The third-order valence-electron chi connectivity index (χ3n) is 6.60. The molecule has 0 bridgehead atoms. The van der Waals surface area contributed by atoms with Crippen molar-refractivity contribution in [3.05, 3.63) is 12.5 Å². The lowest BCUT2D eigenvalue weighted by atomic mass is 9.78. The van der Waals surface area contributed by atoms with Gasteiger partial charge in [-0.15, -0.1) is 0 Å². The maximum atomic E-state index is 12.6. The Hall–Kier alpha value is -2.22. The van der Waals surface area contributed by atoms with Crippen molar-refractivity contribution < 1.29 is 4.79 Å². The molecule has 1 saturated carbocycles. The molecule has 1 N–H and O–H groups in total. The number of piperazine rings is 1. The largest absolute Gasteiger partial charge is 0.353 e. The fourth-order valence-electron chi connectivity index (χ4n) is 4.56. The van der Waals surface area contributed by atoms with Crippen molar-refractivity contribution in [2.45, 2.75) is 39.2 Å². The van der Waals surface area contributed by atoms with Crippen LogP contribution in [0.1, 0.15) is 33.1 Å². The van der Waals surface area contributed by atoms with Crippen molar-refractivity contribution in [2.75, 3.05) is 37.6 Å². The molecule has 1 saturated heterocycles. The van der Waals surface area contributed by atoms with Crippen LogP contribution < -0.4 is 10.2 Å². The zero-order chi connectivity index (χ0) is 19.7. The molecule has 0 radical (unpaired) electrons. The minimum atomic E-state index is 0.163. The highest BCUT2D eigenvalue weighted by Crippen LogP contribution is 2.29. The molecule has 2 aliphatic rings. The summed E-state index contributed by atoms with van der Waals surface area (Å²) in [5.41, 5.74) is 0.850. The smallest absolute Gasteiger partial charge is 0.234 e. The van der Waals surface area contributed by atoms with Crippen LogP contribution in [0.15, 0.2) is 12.5 Å². The zero-order valence-electron chi connectivity index (χ0n) is 17.1. The highest BCUT2D eigenvalue weighted by atomic mass is 16.2. The number of anilines is 1. The number of rotatable bonds is 4. The summed E-state index contributed by atoms with van der Waals surface area (Å²) in [5.74, 6) is 2.36. The van der Waals surface area contributed by atoms with Gasteiger partial charge >= 0.3 is 0 Å². The van der Waals surface area contributed by atoms with E-state index in [-0.39, 0.29) is 5.91 Å². The Balaban J connectivity index is 1.31. The van der Waals surface area contributed by atoms with Gasteiger partial charge in [-0.2, -0.15) is 5.10 Å². The molecule has 1 aliphatic heterocycles. The summed E-state index contributed by atoms with van der Waals surface area (Å²) in [7, 11) is 1.89. The van der Waals surface area contributed by atoms with E-state index in [4.69, 9.17) is 0 Å². The predicted molar refractivity (Wildman–Crippen MR) is 109 cm³/mol. The molecular formula is C20H31N7O. The Labute approximate surface area is 166 Å². The van der Waals surface area contributed by atoms with E-state index >= 15 is 0 Å². The highest BCUT2D eigenvalue weighted by Gasteiger charge is 2.29. The first-order valence-corrected chi connectivity index (χ1v) is 10.4. The molecule has 2 fully saturated rings. The third-order valence-corrected chi connectivity index (χ3v) is 6.60. The van der Waals surface area contributed by atoms with E-state index in [0.717, 1.165) is 49.5 Å². The van der Waals surface area contributed by atoms with Gasteiger partial charge in [0.05, 0.1) is 18.1 Å². The van der Waals surface area contributed by atoms with Gasteiger partial charge in [0.1, 0.15) is 12.1 Å². The molecule has 0 spiro atoms. The number of aromatic nitrogens is 4. The molecule has 0 aromatic carbocycles. The van der Waals surface area contributed by atoms with Gasteiger partial charge in [0.15, 0.2) is 5.65 Å². The Morgan fingerprint density at radius 1 is 1.18 bits per heavy atom. The van der Waals surface area contributed by atoms with E-state index in [9.17, 15) is 4.79 Å². The van der Waals surface area contributed by atoms with Crippen LogP contribution in [0, 0.1) is 11.8 Å². The number of aryl methyl sites for hydroxylation is 1. The van der Waals surface area contributed by atoms with E-state index in [1.54, 1.807) is 11.0 Å². The number of nitrogens with one attached hydrogen (secondary N) is 1. The van der Waals surface area contributed by atoms with E-state index in [1.807, 2.05) is 13.2 Å². The first-order chi connectivity index (χ1) is 13.5. The standard InChI is InChI=1S/C20H31N7O/c1-14-5-4-6-17(15(14)2)24-18(28)12-26-7-9-27(10-8-26)20-16-11-23-25(3)19(16)21-13-22-20/h11,13-15,17H,4-10,12H2,1-3H3,(H,24,28). The topological polar surface area (TPSA) is 79.2 Å². The number of carbonyl (C=O) groups is 1. The fourth-order valence-corrected chi connectivity index (χ4v) is 4.56. The van der Waals surface area contributed by atoms with E-state index < -0.39 is 0 Å². The molecule has 4 rings (SSSR count). The minimum Gasteiger partial charge on any atom is -0.353 e. The molecule has 28 heavy (non-hydrogen) atoms. The molecule has 8 nitrogen and oxygen atoms in total. The van der Waals surface area contributed by atoms with Gasteiger partial charge in [-0.05, 0) is 18.3 Å². The molecule has 1 amide bonds. The minimum absolute atomic E-state index is 0.163. The van der Waals surface area contributed by atoms with Gasteiger partial charge < -0.3 is 10.2 Å². The number of fused-ring (bicyclic) bond motifs is 1. The molecule has 3 atom stereocenters. The average molecular weight is 386 g/mol. The van der Waals surface area contributed by atoms with Crippen molar-refractivity contribution in [3.63, 3.8) is 0 Å². The van der Waals surface area contributed by atoms with Gasteiger partial charge in [-0.3, -0.25) is 14.4 Å². The van der Waals surface area contributed by atoms with Crippen molar-refractivity contribution >= 4 is 22.8 Å². The molecule has 2 aromatic heterocycles. The summed E-state index contributed by atoms with van der Waals surface area (Å²) in [6.07, 6.45) is 7.04. The van der Waals surface area contributed by atoms with Crippen LogP contribution in [0.3, 0.4) is 0 Å². The van der Waals surface area contributed by atoms with Gasteiger partial charge in [-0.1, -0.05) is 26.7 Å². The Bertz CT molecular complexity index is 827. The molecule has 3 unspecified atom stereocenters. The normalized spacial score (nSPS) is 26.5. The highest BCUT2D eigenvalue weighted by molar-refractivity contribution is 5.86. The van der Waals surface area contributed by atoms with Crippen LogP contribution in [0.2, 0.25) is 0 Å². The van der Waals surface area contributed by atoms with E-state index in [1.165, 1.54) is 12.8 Å². The Kier molecular flexibility index (Phi) is 5.48. The van der Waals surface area contributed by atoms with E-state index in [2.05, 4.69) is 44.0 Å². The van der Waals surface area contributed by atoms with Crippen molar-refractivity contribution in [2.24, 2.45) is 18.9 Å². The molecular weight excluding hydrogens is 354 g/mol. The number of amides is 1. The third kappa shape index (κ3) is 3.83. The molecule has 3 heterocycles. The summed E-state index contributed by atoms with van der Waals surface area (Å²) in [6.45, 7) is 8.47. The van der Waals surface area contributed by atoms with Crippen LogP contribution in [0.25, 0.3) is 11.0 Å². The first-order valence-electron chi connectivity index (χ1n) is 10.4. The molecule has 1 aliphatic carbocycles. The molecule has 152 valence electrons. The van der Waals surface area contributed by atoms with Gasteiger partial charge in [0.25, 0.3) is 0 Å². The first kappa shape index (κ1) is 19.1. The maximum absolute atomic E-state index is 12.6. The Morgan fingerprint density at radius 3 is 2.75 bits per heavy atom.